The maximum absolute atomic E-state index is 5.14. The fourth-order valence-electron chi connectivity index (χ4n) is 2.37. The van der Waals surface area contributed by atoms with E-state index in [4.69, 9.17) is 4.74 Å². The molecule has 0 aromatic heterocycles. The number of nitrogens with one attached hydrogen (secondary N) is 1. The lowest BCUT2D eigenvalue weighted by atomic mass is 10.1. The number of ether oxygens (including phenoxy) is 1. The van der Waals surface area contributed by atoms with Gasteiger partial charge in [0.1, 0.15) is 0 Å². The summed E-state index contributed by atoms with van der Waals surface area (Å²) in [7, 11) is 1.75. The van der Waals surface area contributed by atoms with Crippen LogP contribution in [-0.2, 0) is 11.2 Å². The minimum atomic E-state index is 0.422. The van der Waals surface area contributed by atoms with Crippen LogP contribution < -0.4 is 5.32 Å². The zero-order valence-corrected chi connectivity index (χ0v) is 9.49. The van der Waals surface area contributed by atoms with Crippen LogP contribution in [0.25, 0.3) is 0 Å². The Labute approximate surface area is 91.6 Å². The molecule has 0 saturated carbocycles. The van der Waals surface area contributed by atoms with Gasteiger partial charge in [-0.3, -0.25) is 0 Å². The first kappa shape index (κ1) is 10.7. The molecule has 0 aliphatic heterocycles. The lowest BCUT2D eigenvalue weighted by molar-refractivity contribution is 0.166. The molecule has 2 rings (SSSR count). The molecule has 1 aliphatic rings. The molecule has 15 heavy (non-hydrogen) atoms. The van der Waals surface area contributed by atoms with Crippen LogP contribution in [0.4, 0.5) is 0 Å². The van der Waals surface area contributed by atoms with E-state index in [-0.39, 0.29) is 0 Å². The number of fused-ring (bicyclic) bond motifs is 1. The fourth-order valence-corrected chi connectivity index (χ4v) is 2.37. The van der Waals surface area contributed by atoms with Gasteiger partial charge in [0, 0.05) is 19.2 Å². The van der Waals surface area contributed by atoms with Crippen molar-refractivity contribution in [1.82, 2.24) is 5.32 Å². The summed E-state index contributed by atoms with van der Waals surface area (Å²) >= 11 is 0. The molecular formula is C13H19NO. The van der Waals surface area contributed by atoms with Gasteiger partial charge in [0.15, 0.2) is 0 Å². The summed E-state index contributed by atoms with van der Waals surface area (Å²) < 4.78 is 5.14. The highest BCUT2D eigenvalue weighted by Crippen LogP contribution is 2.30. The summed E-state index contributed by atoms with van der Waals surface area (Å²) in [6.07, 6.45) is 2.42. The predicted molar refractivity (Wildman–Crippen MR) is 62.0 cm³/mol. The van der Waals surface area contributed by atoms with Gasteiger partial charge in [-0.05, 0) is 30.9 Å². The minimum Gasteiger partial charge on any atom is -0.383 e. The number of hydrogen-bond donors (Lipinski definition) is 1. The molecule has 0 heterocycles. The molecule has 2 nitrogen and oxygen atoms in total. The van der Waals surface area contributed by atoms with Crippen LogP contribution in [0.2, 0.25) is 0 Å². The van der Waals surface area contributed by atoms with Crippen molar-refractivity contribution in [2.75, 3.05) is 13.7 Å². The van der Waals surface area contributed by atoms with Crippen LogP contribution >= 0.6 is 0 Å². The Hall–Kier alpha value is -0.860. The van der Waals surface area contributed by atoms with Crippen LogP contribution in [0.1, 0.15) is 30.5 Å². The SMILES string of the molecule is COC[C@@H](C)N[C@H]1CCc2ccccc21. The standard InChI is InChI=1S/C13H19NO/c1-10(9-15-2)14-13-8-7-11-5-3-4-6-12(11)13/h3-6,10,13-14H,7-9H2,1-2H3/t10-,13+/m1/s1. The molecule has 1 aliphatic carbocycles. The fraction of sp³-hybridized carbons (Fsp3) is 0.538. The van der Waals surface area contributed by atoms with E-state index in [9.17, 15) is 0 Å². The number of methoxy groups -OCH3 is 1. The largest absolute Gasteiger partial charge is 0.383 e. The Balaban J connectivity index is 2.01. The third-order valence-electron chi connectivity index (χ3n) is 3.04. The average molecular weight is 205 g/mol. The molecule has 1 aromatic rings. The summed E-state index contributed by atoms with van der Waals surface area (Å²) in [4.78, 5) is 0. The molecular weight excluding hydrogens is 186 g/mol. The van der Waals surface area contributed by atoms with Crippen LogP contribution in [0.3, 0.4) is 0 Å². The molecule has 2 heteroatoms. The van der Waals surface area contributed by atoms with Crippen molar-refractivity contribution >= 4 is 0 Å². The van der Waals surface area contributed by atoms with Gasteiger partial charge in [-0.25, -0.2) is 0 Å². The van der Waals surface area contributed by atoms with Crippen molar-refractivity contribution in [3.8, 4) is 0 Å². The highest BCUT2D eigenvalue weighted by atomic mass is 16.5. The molecule has 1 N–H and O–H groups in total. The monoisotopic (exact) mass is 205 g/mol. The first-order valence-corrected chi connectivity index (χ1v) is 5.64. The Bertz CT molecular complexity index is 324. The Morgan fingerprint density at radius 1 is 1.47 bits per heavy atom. The van der Waals surface area contributed by atoms with Crippen molar-refractivity contribution < 1.29 is 4.74 Å². The second-order valence-corrected chi connectivity index (χ2v) is 4.31. The lowest BCUT2D eigenvalue weighted by Crippen LogP contribution is -2.32. The molecule has 0 saturated heterocycles. The first-order chi connectivity index (χ1) is 7.31. The summed E-state index contributed by atoms with van der Waals surface area (Å²) in [6.45, 7) is 2.95. The minimum absolute atomic E-state index is 0.422. The van der Waals surface area contributed by atoms with Crippen LogP contribution in [-0.4, -0.2) is 19.8 Å². The quantitative estimate of drug-likeness (QED) is 0.814. The second-order valence-electron chi connectivity index (χ2n) is 4.31. The van der Waals surface area contributed by atoms with E-state index in [0.717, 1.165) is 6.61 Å². The van der Waals surface area contributed by atoms with Gasteiger partial charge in [-0.2, -0.15) is 0 Å². The van der Waals surface area contributed by atoms with Crippen molar-refractivity contribution in [2.24, 2.45) is 0 Å². The van der Waals surface area contributed by atoms with E-state index in [1.165, 1.54) is 24.0 Å². The van der Waals surface area contributed by atoms with Gasteiger partial charge in [0.25, 0.3) is 0 Å². The summed E-state index contributed by atoms with van der Waals surface area (Å²) in [5, 5.41) is 3.61. The van der Waals surface area contributed by atoms with Crippen LogP contribution in [0.5, 0.6) is 0 Å². The maximum Gasteiger partial charge on any atom is 0.0613 e. The molecule has 0 bridgehead atoms. The molecule has 0 radical (unpaired) electrons. The summed E-state index contributed by atoms with van der Waals surface area (Å²) in [5.41, 5.74) is 2.97. The van der Waals surface area contributed by atoms with Gasteiger partial charge in [-0.15, -0.1) is 0 Å². The lowest BCUT2D eigenvalue weighted by Gasteiger charge is -2.19. The average Bonchev–Trinajstić information content (AvgIpc) is 2.62. The molecule has 0 fully saturated rings. The Morgan fingerprint density at radius 3 is 3.07 bits per heavy atom. The second kappa shape index (κ2) is 4.77. The molecule has 1 aromatic carbocycles. The van der Waals surface area contributed by atoms with Gasteiger partial charge >= 0.3 is 0 Å². The van der Waals surface area contributed by atoms with Gasteiger partial charge in [0.05, 0.1) is 6.61 Å². The number of benzene rings is 1. The van der Waals surface area contributed by atoms with Gasteiger partial charge in [0.2, 0.25) is 0 Å². The smallest absolute Gasteiger partial charge is 0.0613 e. The zero-order chi connectivity index (χ0) is 10.7. The summed E-state index contributed by atoms with van der Waals surface area (Å²) in [6, 6.07) is 9.66. The van der Waals surface area contributed by atoms with Crippen molar-refractivity contribution in [2.45, 2.75) is 31.8 Å². The number of hydrogen-bond acceptors (Lipinski definition) is 2. The van der Waals surface area contributed by atoms with Crippen molar-refractivity contribution in [3.05, 3.63) is 35.4 Å². The third-order valence-corrected chi connectivity index (χ3v) is 3.04. The van der Waals surface area contributed by atoms with E-state index in [2.05, 4.69) is 36.5 Å². The Kier molecular flexibility index (Phi) is 3.39. The van der Waals surface area contributed by atoms with E-state index >= 15 is 0 Å². The molecule has 0 amide bonds. The number of aryl methyl sites for hydroxylation is 1. The van der Waals surface area contributed by atoms with Gasteiger partial charge < -0.3 is 10.1 Å². The van der Waals surface area contributed by atoms with Crippen molar-refractivity contribution in [3.63, 3.8) is 0 Å². The Morgan fingerprint density at radius 2 is 2.27 bits per heavy atom. The van der Waals surface area contributed by atoms with E-state index in [1.54, 1.807) is 7.11 Å². The van der Waals surface area contributed by atoms with E-state index in [0.29, 0.717) is 12.1 Å². The van der Waals surface area contributed by atoms with Crippen LogP contribution in [0, 0.1) is 0 Å². The third kappa shape index (κ3) is 2.39. The number of rotatable bonds is 4. The topological polar surface area (TPSA) is 21.3 Å². The molecule has 0 spiro atoms. The maximum atomic E-state index is 5.14. The first-order valence-electron chi connectivity index (χ1n) is 5.64. The normalized spacial score (nSPS) is 21.3. The highest BCUT2D eigenvalue weighted by Gasteiger charge is 2.22. The van der Waals surface area contributed by atoms with Gasteiger partial charge in [-0.1, -0.05) is 24.3 Å². The van der Waals surface area contributed by atoms with E-state index in [1.807, 2.05) is 0 Å². The van der Waals surface area contributed by atoms with Crippen molar-refractivity contribution in [1.29, 1.82) is 0 Å². The predicted octanol–water partition coefficient (Wildman–Crippen LogP) is 2.30. The highest BCUT2D eigenvalue weighted by molar-refractivity contribution is 5.34. The zero-order valence-electron chi connectivity index (χ0n) is 9.49. The van der Waals surface area contributed by atoms with E-state index < -0.39 is 0 Å². The molecule has 82 valence electrons. The molecule has 2 atom stereocenters. The van der Waals surface area contributed by atoms with Crippen LogP contribution in [0.15, 0.2) is 24.3 Å². The molecule has 0 unspecified atom stereocenters. The summed E-state index contributed by atoms with van der Waals surface area (Å²) in [5.74, 6) is 0.